The van der Waals surface area contributed by atoms with Gasteiger partial charge in [-0.25, -0.2) is 0 Å². The quantitative estimate of drug-likeness (QED) is 0.687. The number of hydrogen-bond donors (Lipinski definition) is 1. The molecule has 1 rings (SSSR count). The Morgan fingerprint density at radius 3 is 2.80 bits per heavy atom. The second-order valence-corrected chi connectivity index (χ2v) is 4.45. The van der Waals surface area contributed by atoms with Crippen LogP contribution >= 0.6 is 0 Å². The van der Waals surface area contributed by atoms with Gasteiger partial charge >= 0.3 is 0 Å². The maximum atomic E-state index is 9.42. The zero-order valence-electron chi connectivity index (χ0n) is 10.0. The van der Waals surface area contributed by atoms with Gasteiger partial charge in [0, 0.05) is 38.8 Å². The van der Waals surface area contributed by atoms with E-state index in [2.05, 4.69) is 23.3 Å². The van der Waals surface area contributed by atoms with Crippen LogP contribution in [0.3, 0.4) is 0 Å². The van der Waals surface area contributed by atoms with E-state index in [1.54, 1.807) is 0 Å². The van der Waals surface area contributed by atoms with Crippen LogP contribution in [-0.4, -0.2) is 59.8 Å². The Kier molecular flexibility index (Phi) is 5.29. The van der Waals surface area contributed by atoms with E-state index in [9.17, 15) is 5.11 Å². The molecule has 0 aromatic rings. The van der Waals surface area contributed by atoms with Gasteiger partial charge in [0.1, 0.15) is 0 Å². The van der Waals surface area contributed by atoms with Gasteiger partial charge in [-0.2, -0.15) is 0 Å². The molecule has 0 unspecified atom stereocenters. The summed E-state index contributed by atoms with van der Waals surface area (Å²) in [6.45, 7) is 12.9. The number of aliphatic hydroxyl groups is 1. The third-order valence-electron chi connectivity index (χ3n) is 3.05. The molecule has 1 aliphatic rings. The van der Waals surface area contributed by atoms with E-state index >= 15 is 0 Å². The first-order chi connectivity index (χ1) is 7.17. The number of rotatable bonds is 5. The summed E-state index contributed by atoms with van der Waals surface area (Å²) in [7, 11) is 0. The largest absolute Gasteiger partial charge is 0.392 e. The first-order valence-electron chi connectivity index (χ1n) is 5.92. The van der Waals surface area contributed by atoms with Gasteiger partial charge < -0.3 is 5.11 Å². The molecule has 1 heterocycles. The molecule has 1 fully saturated rings. The molecule has 15 heavy (non-hydrogen) atoms. The number of piperazine rings is 1. The molecule has 88 valence electrons. The van der Waals surface area contributed by atoms with Crippen molar-refractivity contribution in [1.82, 2.24) is 9.80 Å². The van der Waals surface area contributed by atoms with Gasteiger partial charge in [0.05, 0.1) is 6.10 Å². The Hall–Kier alpha value is -0.380. The predicted molar refractivity (Wildman–Crippen MR) is 64.0 cm³/mol. The van der Waals surface area contributed by atoms with Crippen molar-refractivity contribution in [1.29, 1.82) is 0 Å². The normalized spacial score (nSPS) is 26.5. The molecule has 2 atom stereocenters. The lowest BCUT2D eigenvalue weighted by Crippen LogP contribution is -2.54. The molecule has 3 nitrogen and oxygen atoms in total. The zero-order valence-corrected chi connectivity index (χ0v) is 10.0. The van der Waals surface area contributed by atoms with Gasteiger partial charge in [-0.05, 0) is 13.3 Å². The van der Waals surface area contributed by atoms with E-state index in [0.29, 0.717) is 6.04 Å². The molecule has 1 saturated heterocycles. The third kappa shape index (κ3) is 3.93. The fourth-order valence-corrected chi connectivity index (χ4v) is 2.27. The summed E-state index contributed by atoms with van der Waals surface area (Å²) in [6, 6.07) is 0.591. The van der Waals surface area contributed by atoms with Gasteiger partial charge in [-0.3, -0.25) is 9.80 Å². The van der Waals surface area contributed by atoms with Crippen molar-refractivity contribution in [2.45, 2.75) is 32.4 Å². The lowest BCUT2D eigenvalue weighted by Gasteiger charge is -2.41. The minimum Gasteiger partial charge on any atom is -0.392 e. The standard InChI is InChI=1S/C12H24N2O/c1-4-6-13-7-8-14(9-11(3)15)12(5-2)10-13/h4,11-12,15H,1,5-10H2,2-3H3/t11-,12+/m0/s1. The number of β-amino-alcohol motifs (C(OH)–C–C–N with tert-alkyl or cyclic N) is 1. The smallest absolute Gasteiger partial charge is 0.0639 e. The van der Waals surface area contributed by atoms with Crippen LogP contribution in [0.4, 0.5) is 0 Å². The van der Waals surface area contributed by atoms with Gasteiger partial charge in [0.2, 0.25) is 0 Å². The maximum absolute atomic E-state index is 9.42. The molecule has 0 saturated carbocycles. The molecule has 0 aliphatic carbocycles. The van der Waals surface area contributed by atoms with Crippen molar-refractivity contribution in [3.8, 4) is 0 Å². The second kappa shape index (κ2) is 6.26. The van der Waals surface area contributed by atoms with Crippen LogP contribution in [0.25, 0.3) is 0 Å². The third-order valence-corrected chi connectivity index (χ3v) is 3.05. The summed E-state index contributed by atoms with van der Waals surface area (Å²) in [6.07, 6.45) is 2.90. The highest BCUT2D eigenvalue weighted by atomic mass is 16.3. The van der Waals surface area contributed by atoms with E-state index in [1.165, 1.54) is 0 Å². The summed E-state index contributed by atoms with van der Waals surface area (Å²) in [5.41, 5.74) is 0. The molecule has 1 N–H and O–H groups in total. The minimum atomic E-state index is -0.218. The highest BCUT2D eigenvalue weighted by Gasteiger charge is 2.25. The van der Waals surface area contributed by atoms with Gasteiger partial charge in [-0.15, -0.1) is 6.58 Å². The van der Waals surface area contributed by atoms with Gasteiger partial charge in [0.25, 0.3) is 0 Å². The molecular weight excluding hydrogens is 188 g/mol. The van der Waals surface area contributed by atoms with Crippen molar-refractivity contribution in [2.24, 2.45) is 0 Å². The first-order valence-corrected chi connectivity index (χ1v) is 5.92. The lowest BCUT2D eigenvalue weighted by atomic mass is 10.1. The van der Waals surface area contributed by atoms with Crippen molar-refractivity contribution < 1.29 is 5.11 Å². The van der Waals surface area contributed by atoms with E-state index in [-0.39, 0.29) is 6.10 Å². The molecule has 0 aromatic carbocycles. The van der Waals surface area contributed by atoms with Crippen LogP contribution in [0.15, 0.2) is 12.7 Å². The van der Waals surface area contributed by atoms with Crippen LogP contribution in [0.5, 0.6) is 0 Å². The summed E-state index contributed by atoms with van der Waals surface area (Å²) in [4.78, 5) is 4.84. The van der Waals surface area contributed by atoms with Crippen molar-refractivity contribution in [2.75, 3.05) is 32.7 Å². The van der Waals surface area contributed by atoms with Crippen molar-refractivity contribution >= 4 is 0 Å². The Bertz CT molecular complexity index is 194. The Balaban J connectivity index is 2.44. The van der Waals surface area contributed by atoms with E-state index in [0.717, 1.165) is 39.1 Å². The number of nitrogens with zero attached hydrogens (tertiary/aromatic N) is 2. The van der Waals surface area contributed by atoms with Crippen LogP contribution in [0.1, 0.15) is 20.3 Å². The average Bonchev–Trinajstić information content (AvgIpc) is 2.20. The van der Waals surface area contributed by atoms with E-state index < -0.39 is 0 Å². The van der Waals surface area contributed by atoms with Crippen LogP contribution in [0, 0.1) is 0 Å². The van der Waals surface area contributed by atoms with Gasteiger partial charge in [0.15, 0.2) is 0 Å². The van der Waals surface area contributed by atoms with Crippen LogP contribution in [-0.2, 0) is 0 Å². The Labute approximate surface area is 93.4 Å². The van der Waals surface area contributed by atoms with Crippen molar-refractivity contribution in [3.63, 3.8) is 0 Å². The number of aliphatic hydroxyl groups excluding tert-OH is 1. The Morgan fingerprint density at radius 2 is 2.27 bits per heavy atom. The SMILES string of the molecule is C=CCN1CCN(C[C@H](C)O)[C@H](CC)C1. The Morgan fingerprint density at radius 1 is 1.53 bits per heavy atom. The zero-order chi connectivity index (χ0) is 11.3. The van der Waals surface area contributed by atoms with Crippen LogP contribution < -0.4 is 0 Å². The topological polar surface area (TPSA) is 26.7 Å². The molecular formula is C12H24N2O. The second-order valence-electron chi connectivity index (χ2n) is 4.45. The van der Waals surface area contributed by atoms with E-state index in [4.69, 9.17) is 0 Å². The maximum Gasteiger partial charge on any atom is 0.0639 e. The molecule has 1 aliphatic heterocycles. The average molecular weight is 212 g/mol. The first kappa shape index (κ1) is 12.7. The summed E-state index contributed by atoms with van der Waals surface area (Å²) in [5.74, 6) is 0. The molecule has 0 amide bonds. The highest BCUT2D eigenvalue weighted by molar-refractivity contribution is 4.85. The molecule has 0 radical (unpaired) electrons. The number of hydrogen-bond acceptors (Lipinski definition) is 3. The highest BCUT2D eigenvalue weighted by Crippen LogP contribution is 2.13. The van der Waals surface area contributed by atoms with Crippen LogP contribution in [0.2, 0.25) is 0 Å². The summed E-state index contributed by atoms with van der Waals surface area (Å²) < 4.78 is 0. The minimum absolute atomic E-state index is 0.218. The monoisotopic (exact) mass is 212 g/mol. The molecule has 3 heteroatoms. The predicted octanol–water partition coefficient (Wildman–Crippen LogP) is 0.949. The van der Waals surface area contributed by atoms with E-state index in [1.807, 2.05) is 13.0 Å². The fraction of sp³-hybridized carbons (Fsp3) is 0.833. The molecule has 0 bridgehead atoms. The van der Waals surface area contributed by atoms with Crippen molar-refractivity contribution in [3.05, 3.63) is 12.7 Å². The fourth-order valence-electron chi connectivity index (χ4n) is 2.27. The summed E-state index contributed by atoms with van der Waals surface area (Å²) in [5, 5.41) is 9.42. The molecule has 0 spiro atoms. The van der Waals surface area contributed by atoms with Gasteiger partial charge in [-0.1, -0.05) is 13.0 Å². The lowest BCUT2D eigenvalue weighted by molar-refractivity contribution is 0.0408. The molecule has 0 aromatic heterocycles. The summed E-state index contributed by atoms with van der Waals surface area (Å²) >= 11 is 0.